The highest BCUT2D eigenvalue weighted by atomic mass is 79.9. The standard InChI is InChI=1S/C25H30BrNO7/c1-25(2,3)22(13-28)27-12-18(24(30)31)23(29)17-10-21(20(33-5)11-19(17)26)34-14-15-6-8-16(32-4)9-7-15/h6-12,22,27-28H,13-14H2,1-5H3,(H,30,31). The average Bonchev–Trinajstić information content (AvgIpc) is 2.79. The molecule has 0 saturated heterocycles. The van der Waals surface area contributed by atoms with Gasteiger partial charge in [-0.05, 0) is 51.2 Å². The van der Waals surface area contributed by atoms with Crippen LogP contribution in [-0.2, 0) is 11.4 Å². The van der Waals surface area contributed by atoms with Gasteiger partial charge in [-0.1, -0.05) is 32.9 Å². The number of hydrogen-bond donors (Lipinski definition) is 3. The number of ether oxygens (including phenoxy) is 3. The topological polar surface area (TPSA) is 114 Å². The molecule has 0 radical (unpaired) electrons. The van der Waals surface area contributed by atoms with Gasteiger partial charge in [0.15, 0.2) is 11.5 Å². The number of aliphatic hydroxyl groups excluding tert-OH is 1. The number of rotatable bonds is 11. The van der Waals surface area contributed by atoms with E-state index in [-0.39, 0.29) is 29.9 Å². The maximum Gasteiger partial charge on any atom is 0.341 e. The fourth-order valence-corrected chi connectivity index (χ4v) is 3.50. The number of aliphatic hydroxyl groups is 1. The Morgan fingerprint density at radius 3 is 2.24 bits per heavy atom. The van der Waals surface area contributed by atoms with Crippen molar-refractivity contribution in [3.63, 3.8) is 0 Å². The van der Waals surface area contributed by atoms with Gasteiger partial charge in [0.25, 0.3) is 0 Å². The Hall–Kier alpha value is -3.04. The number of ketones is 1. The number of methoxy groups -OCH3 is 2. The molecule has 3 N–H and O–H groups in total. The molecule has 0 aromatic heterocycles. The molecule has 0 amide bonds. The summed E-state index contributed by atoms with van der Waals surface area (Å²) in [7, 11) is 3.05. The van der Waals surface area contributed by atoms with E-state index in [4.69, 9.17) is 14.2 Å². The largest absolute Gasteiger partial charge is 0.497 e. The predicted octanol–water partition coefficient (Wildman–Crippen LogP) is 4.19. The third-order valence-corrected chi connectivity index (χ3v) is 5.84. The summed E-state index contributed by atoms with van der Waals surface area (Å²) in [5.74, 6) is -0.746. The maximum atomic E-state index is 13.2. The first-order valence-corrected chi connectivity index (χ1v) is 11.3. The van der Waals surface area contributed by atoms with Crippen molar-refractivity contribution in [2.45, 2.75) is 33.4 Å². The number of Topliss-reactive ketones (excluding diaryl/α,β-unsaturated/α-hetero) is 1. The summed E-state index contributed by atoms with van der Waals surface area (Å²) in [6.45, 7) is 5.65. The molecular weight excluding hydrogens is 506 g/mol. The van der Waals surface area contributed by atoms with Gasteiger partial charge in [0.1, 0.15) is 17.9 Å². The monoisotopic (exact) mass is 535 g/mol. The molecule has 184 valence electrons. The van der Waals surface area contributed by atoms with Crippen LogP contribution >= 0.6 is 15.9 Å². The summed E-state index contributed by atoms with van der Waals surface area (Å²) in [4.78, 5) is 25.0. The number of carboxylic acid groups (broad SMARTS) is 1. The summed E-state index contributed by atoms with van der Waals surface area (Å²) >= 11 is 3.33. The number of carbonyl (C=O) groups is 2. The van der Waals surface area contributed by atoms with Gasteiger partial charge in [0.2, 0.25) is 5.78 Å². The van der Waals surface area contributed by atoms with E-state index in [1.165, 1.54) is 13.2 Å². The number of nitrogens with one attached hydrogen (secondary N) is 1. The zero-order valence-corrected chi connectivity index (χ0v) is 21.4. The lowest BCUT2D eigenvalue weighted by atomic mass is 9.87. The van der Waals surface area contributed by atoms with E-state index in [0.29, 0.717) is 16.0 Å². The van der Waals surface area contributed by atoms with E-state index >= 15 is 0 Å². The lowest BCUT2D eigenvalue weighted by Crippen LogP contribution is -2.41. The van der Waals surface area contributed by atoms with Gasteiger partial charge in [0, 0.05) is 16.2 Å². The van der Waals surface area contributed by atoms with Crippen molar-refractivity contribution >= 4 is 27.7 Å². The van der Waals surface area contributed by atoms with Gasteiger partial charge < -0.3 is 29.7 Å². The first-order valence-electron chi connectivity index (χ1n) is 10.5. The fraction of sp³-hybridized carbons (Fsp3) is 0.360. The van der Waals surface area contributed by atoms with E-state index in [0.717, 1.165) is 11.8 Å². The number of carbonyl (C=O) groups excluding carboxylic acids is 1. The van der Waals surface area contributed by atoms with Crippen molar-refractivity contribution < 1.29 is 34.0 Å². The molecule has 0 heterocycles. The van der Waals surface area contributed by atoms with E-state index in [2.05, 4.69) is 21.2 Å². The van der Waals surface area contributed by atoms with Crippen LogP contribution < -0.4 is 19.5 Å². The zero-order valence-electron chi connectivity index (χ0n) is 19.8. The van der Waals surface area contributed by atoms with Gasteiger partial charge in [-0.2, -0.15) is 0 Å². The van der Waals surface area contributed by atoms with Crippen molar-refractivity contribution in [2.75, 3.05) is 20.8 Å². The molecule has 0 fully saturated rings. The van der Waals surface area contributed by atoms with Gasteiger partial charge in [-0.3, -0.25) is 4.79 Å². The van der Waals surface area contributed by atoms with Crippen molar-refractivity contribution in [1.29, 1.82) is 0 Å². The highest BCUT2D eigenvalue weighted by molar-refractivity contribution is 9.10. The molecule has 8 nitrogen and oxygen atoms in total. The summed E-state index contributed by atoms with van der Waals surface area (Å²) < 4.78 is 16.8. The number of benzene rings is 2. The van der Waals surface area contributed by atoms with E-state index < -0.39 is 23.4 Å². The first-order chi connectivity index (χ1) is 16.0. The molecule has 0 aliphatic carbocycles. The molecular formula is C25H30BrNO7. The lowest BCUT2D eigenvalue weighted by Gasteiger charge is -2.29. The van der Waals surface area contributed by atoms with Crippen LogP contribution in [0.3, 0.4) is 0 Å². The van der Waals surface area contributed by atoms with Crippen LogP contribution in [0.2, 0.25) is 0 Å². The Morgan fingerprint density at radius 2 is 1.74 bits per heavy atom. The summed E-state index contributed by atoms with van der Waals surface area (Å²) in [6, 6.07) is 9.85. The second-order valence-electron chi connectivity index (χ2n) is 8.58. The number of aliphatic carboxylic acids is 1. The Labute approximate surface area is 207 Å². The minimum Gasteiger partial charge on any atom is -0.497 e. The minimum absolute atomic E-state index is 0.0947. The number of halogens is 1. The SMILES string of the molecule is COc1ccc(COc2cc(C(=O)C(=CNC(CO)C(C)(C)C)C(=O)O)c(Br)cc2OC)cc1. The van der Waals surface area contributed by atoms with Gasteiger partial charge in [-0.15, -0.1) is 0 Å². The highest BCUT2D eigenvalue weighted by Gasteiger charge is 2.26. The quantitative estimate of drug-likeness (QED) is 0.170. The molecule has 0 bridgehead atoms. The first kappa shape index (κ1) is 27.2. The minimum atomic E-state index is -1.40. The molecule has 9 heteroatoms. The average molecular weight is 536 g/mol. The van der Waals surface area contributed by atoms with E-state index in [1.807, 2.05) is 32.9 Å². The van der Waals surface area contributed by atoms with Crippen LogP contribution in [0.15, 0.2) is 52.6 Å². The molecule has 0 aliphatic rings. The fourth-order valence-electron chi connectivity index (χ4n) is 2.99. The predicted molar refractivity (Wildman–Crippen MR) is 132 cm³/mol. The molecule has 0 spiro atoms. The maximum absolute atomic E-state index is 13.2. The van der Waals surface area contributed by atoms with Crippen molar-refractivity contribution in [3.8, 4) is 17.2 Å². The normalized spacial score (nSPS) is 12.6. The Balaban J connectivity index is 2.35. The smallest absolute Gasteiger partial charge is 0.341 e. The molecule has 1 atom stereocenters. The van der Waals surface area contributed by atoms with Crippen LogP contribution in [0.4, 0.5) is 0 Å². The van der Waals surface area contributed by atoms with Crippen molar-refractivity contribution in [3.05, 3.63) is 63.8 Å². The number of carboxylic acids is 1. The Kier molecular flexibility index (Phi) is 9.52. The number of hydrogen-bond acceptors (Lipinski definition) is 7. The van der Waals surface area contributed by atoms with Crippen molar-refractivity contribution in [1.82, 2.24) is 5.32 Å². The van der Waals surface area contributed by atoms with Crippen molar-refractivity contribution in [2.24, 2.45) is 5.41 Å². The van der Waals surface area contributed by atoms with Gasteiger partial charge in [-0.25, -0.2) is 4.79 Å². The summed E-state index contributed by atoms with van der Waals surface area (Å²) in [5, 5.41) is 22.2. The van der Waals surface area contributed by atoms with Gasteiger partial charge >= 0.3 is 5.97 Å². The molecule has 34 heavy (non-hydrogen) atoms. The Bertz CT molecular complexity index is 1040. The molecule has 0 saturated carbocycles. The van der Waals surface area contributed by atoms with Gasteiger partial charge in [0.05, 0.1) is 26.9 Å². The highest BCUT2D eigenvalue weighted by Crippen LogP contribution is 2.35. The second kappa shape index (κ2) is 11.9. The molecule has 0 aliphatic heterocycles. The third kappa shape index (κ3) is 6.98. The van der Waals surface area contributed by atoms with Crippen LogP contribution in [0.5, 0.6) is 17.2 Å². The van der Waals surface area contributed by atoms with Crippen LogP contribution in [-0.4, -0.2) is 48.8 Å². The molecule has 1 unspecified atom stereocenters. The second-order valence-corrected chi connectivity index (χ2v) is 9.43. The van der Waals surface area contributed by atoms with Crippen LogP contribution in [0.25, 0.3) is 0 Å². The molecule has 2 aromatic rings. The van der Waals surface area contributed by atoms with Crippen LogP contribution in [0.1, 0.15) is 36.7 Å². The Morgan fingerprint density at radius 1 is 1.09 bits per heavy atom. The van der Waals surface area contributed by atoms with E-state index in [1.54, 1.807) is 25.3 Å². The zero-order chi connectivity index (χ0) is 25.5. The summed E-state index contributed by atoms with van der Waals surface area (Å²) in [5.41, 5.74) is 0.124. The third-order valence-electron chi connectivity index (χ3n) is 5.18. The van der Waals surface area contributed by atoms with Crippen LogP contribution in [0, 0.1) is 5.41 Å². The summed E-state index contributed by atoms with van der Waals surface area (Å²) in [6.07, 6.45) is 1.13. The molecule has 2 aromatic carbocycles. The lowest BCUT2D eigenvalue weighted by molar-refractivity contribution is -0.132. The molecule has 2 rings (SSSR count). The van der Waals surface area contributed by atoms with E-state index in [9.17, 15) is 19.8 Å².